The molecule has 0 unspecified atom stereocenters. The van der Waals surface area contributed by atoms with E-state index in [1.807, 2.05) is 64.1 Å². The van der Waals surface area contributed by atoms with E-state index >= 15 is 0 Å². The van der Waals surface area contributed by atoms with Crippen LogP contribution in [-0.2, 0) is 9.31 Å². The lowest BCUT2D eigenvalue weighted by Crippen LogP contribution is -2.41. The fraction of sp³-hybridized carbons (Fsp3) is 0.286. The Kier molecular flexibility index (Phi) is 4.56. The second-order valence-electron chi connectivity index (χ2n) is 7.20. The van der Waals surface area contributed by atoms with Gasteiger partial charge in [0.2, 0.25) is 0 Å². The van der Waals surface area contributed by atoms with E-state index in [1.165, 1.54) is 0 Å². The highest BCUT2D eigenvalue weighted by Gasteiger charge is 2.51. The third kappa shape index (κ3) is 3.68. The van der Waals surface area contributed by atoms with Crippen molar-refractivity contribution in [2.75, 3.05) is 0 Å². The van der Waals surface area contributed by atoms with E-state index in [9.17, 15) is 4.79 Å². The average Bonchev–Trinajstić information content (AvgIpc) is 2.82. The molecule has 0 amide bonds. The summed E-state index contributed by atoms with van der Waals surface area (Å²) in [7, 11) is -0.358. The predicted octanol–water partition coefficient (Wildman–Crippen LogP) is 3.20. The number of aldehydes is 1. The summed E-state index contributed by atoms with van der Waals surface area (Å²) in [4.78, 5) is 10.7. The van der Waals surface area contributed by atoms with E-state index in [-0.39, 0.29) is 18.3 Å². The van der Waals surface area contributed by atoms with Gasteiger partial charge in [-0.3, -0.25) is 4.79 Å². The van der Waals surface area contributed by atoms with E-state index in [1.54, 1.807) is 12.1 Å². The molecule has 0 saturated carbocycles. The fourth-order valence-electron chi connectivity index (χ4n) is 2.49. The van der Waals surface area contributed by atoms with Crippen molar-refractivity contribution in [3.05, 3.63) is 65.2 Å². The lowest BCUT2D eigenvalue weighted by atomic mass is 9.79. The largest absolute Gasteiger partial charge is 0.494 e. The SMILES string of the molecule is CC1(C)OB(c2ccc(C#Cc3ccc(C=O)cc3)cc2)OC1(C)C. The molecule has 0 N–H and O–H groups in total. The van der Waals surface area contributed by atoms with Gasteiger partial charge in [-0.25, -0.2) is 0 Å². The molecular weight excluding hydrogens is 311 g/mol. The predicted molar refractivity (Wildman–Crippen MR) is 100.0 cm³/mol. The molecule has 126 valence electrons. The third-order valence-corrected chi connectivity index (χ3v) is 4.83. The Bertz CT molecular complexity index is 808. The van der Waals surface area contributed by atoms with Gasteiger partial charge in [-0.1, -0.05) is 36.1 Å². The van der Waals surface area contributed by atoms with E-state index in [2.05, 4.69) is 11.8 Å². The quantitative estimate of drug-likeness (QED) is 0.481. The van der Waals surface area contributed by atoms with Crippen LogP contribution >= 0.6 is 0 Å². The minimum absolute atomic E-state index is 0.343. The van der Waals surface area contributed by atoms with Crippen molar-refractivity contribution in [3.63, 3.8) is 0 Å². The maximum absolute atomic E-state index is 10.7. The molecule has 3 nitrogen and oxygen atoms in total. The molecule has 1 aliphatic rings. The van der Waals surface area contributed by atoms with Gasteiger partial charge in [-0.15, -0.1) is 0 Å². The highest BCUT2D eigenvalue weighted by atomic mass is 16.7. The van der Waals surface area contributed by atoms with Gasteiger partial charge in [0.25, 0.3) is 0 Å². The van der Waals surface area contributed by atoms with Crippen molar-refractivity contribution < 1.29 is 14.1 Å². The normalized spacial score (nSPS) is 17.7. The molecule has 1 aliphatic heterocycles. The summed E-state index contributed by atoms with van der Waals surface area (Å²) in [6.45, 7) is 8.18. The van der Waals surface area contributed by atoms with Gasteiger partial charge in [-0.2, -0.15) is 0 Å². The van der Waals surface area contributed by atoms with E-state index in [0.717, 1.165) is 22.9 Å². The van der Waals surface area contributed by atoms with Crippen molar-refractivity contribution in [1.82, 2.24) is 0 Å². The first kappa shape index (κ1) is 17.5. The Morgan fingerprint density at radius 3 is 1.68 bits per heavy atom. The van der Waals surface area contributed by atoms with E-state index in [0.29, 0.717) is 5.56 Å². The molecule has 4 heteroatoms. The van der Waals surface area contributed by atoms with Gasteiger partial charge in [0.05, 0.1) is 11.2 Å². The molecule has 0 spiro atoms. The van der Waals surface area contributed by atoms with Crippen LogP contribution in [0.25, 0.3) is 0 Å². The molecule has 3 rings (SSSR count). The highest BCUT2D eigenvalue weighted by molar-refractivity contribution is 6.62. The molecule has 1 fully saturated rings. The van der Waals surface area contributed by atoms with Crippen LogP contribution in [0.1, 0.15) is 49.2 Å². The topological polar surface area (TPSA) is 35.5 Å². The highest BCUT2D eigenvalue weighted by Crippen LogP contribution is 2.36. The maximum atomic E-state index is 10.7. The average molecular weight is 332 g/mol. The lowest BCUT2D eigenvalue weighted by Gasteiger charge is -2.32. The first-order chi connectivity index (χ1) is 11.8. The monoisotopic (exact) mass is 332 g/mol. The molecule has 0 radical (unpaired) electrons. The van der Waals surface area contributed by atoms with Gasteiger partial charge < -0.3 is 9.31 Å². The summed E-state index contributed by atoms with van der Waals surface area (Å²) in [6, 6.07) is 15.1. The zero-order valence-electron chi connectivity index (χ0n) is 15.0. The van der Waals surface area contributed by atoms with Crippen LogP contribution in [0.15, 0.2) is 48.5 Å². The fourth-order valence-corrected chi connectivity index (χ4v) is 2.49. The van der Waals surface area contributed by atoms with Crippen LogP contribution in [0.5, 0.6) is 0 Å². The number of hydrogen-bond acceptors (Lipinski definition) is 3. The van der Waals surface area contributed by atoms with Crippen molar-refractivity contribution in [2.24, 2.45) is 0 Å². The van der Waals surface area contributed by atoms with Crippen molar-refractivity contribution in [1.29, 1.82) is 0 Å². The lowest BCUT2D eigenvalue weighted by molar-refractivity contribution is 0.00578. The Balaban J connectivity index is 1.73. The molecule has 0 aliphatic carbocycles. The Morgan fingerprint density at radius 1 is 0.800 bits per heavy atom. The van der Waals surface area contributed by atoms with Crippen LogP contribution in [-0.4, -0.2) is 24.6 Å². The molecule has 0 atom stereocenters. The number of hydrogen-bond donors (Lipinski definition) is 0. The smallest absolute Gasteiger partial charge is 0.399 e. The van der Waals surface area contributed by atoms with Crippen molar-refractivity contribution in [3.8, 4) is 11.8 Å². The number of benzene rings is 2. The summed E-state index contributed by atoms with van der Waals surface area (Å²) in [5.41, 5.74) is 2.74. The first-order valence-electron chi connectivity index (χ1n) is 8.34. The zero-order valence-corrected chi connectivity index (χ0v) is 15.0. The van der Waals surface area contributed by atoms with Gasteiger partial charge in [0, 0.05) is 16.7 Å². The maximum Gasteiger partial charge on any atom is 0.494 e. The number of rotatable bonds is 2. The zero-order chi connectivity index (χ0) is 18.1. The summed E-state index contributed by atoms with van der Waals surface area (Å²) in [5.74, 6) is 6.23. The van der Waals surface area contributed by atoms with Crippen LogP contribution in [0.4, 0.5) is 0 Å². The van der Waals surface area contributed by atoms with E-state index < -0.39 is 0 Å². The van der Waals surface area contributed by atoms with Gasteiger partial charge >= 0.3 is 7.12 Å². The molecule has 2 aromatic carbocycles. The van der Waals surface area contributed by atoms with Crippen molar-refractivity contribution >= 4 is 18.9 Å². The summed E-state index contributed by atoms with van der Waals surface area (Å²) in [6.07, 6.45) is 0.825. The summed E-state index contributed by atoms with van der Waals surface area (Å²) < 4.78 is 12.1. The number of carbonyl (C=O) groups excluding carboxylic acids is 1. The molecule has 2 aromatic rings. The van der Waals surface area contributed by atoms with Crippen LogP contribution in [0, 0.1) is 11.8 Å². The van der Waals surface area contributed by atoms with Crippen molar-refractivity contribution in [2.45, 2.75) is 38.9 Å². The van der Waals surface area contributed by atoms with Gasteiger partial charge in [0.15, 0.2) is 0 Å². The third-order valence-electron chi connectivity index (χ3n) is 4.83. The minimum Gasteiger partial charge on any atom is -0.399 e. The molecule has 25 heavy (non-hydrogen) atoms. The molecule has 0 bridgehead atoms. The number of carbonyl (C=O) groups is 1. The van der Waals surface area contributed by atoms with Crippen LogP contribution in [0.2, 0.25) is 0 Å². The molecule has 1 heterocycles. The molecule has 0 aromatic heterocycles. The Morgan fingerprint density at radius 2 is 1.24 bits per heavy atom. The standard InChI is InChI=1S/C21H21BO3/c1-20(2)21(3,4)25-22(24-20)19-13-11-17(12-14-19)6-5-16-7-9-18(15-23)10-8-16/h7-15H,1-4H3. The van der Waals surface area contributed by atoms with Crippen LogP contribution in [0.3, 0.4) is 0 Å². The second-order valence-corrected chi connectivity index (χ2v) is 7.20. The first-order valence-corrected chi connectivity index (χ1v) is 8.34. The minimum atomic E-state index is -0.358. The van der Waals surface area contributed by atoms with E-state index in [4.69, 9.17) is 9.31 Å². The molecular formula is C21H21BO3. The van der Waals surface area contributed by atoms with Gasteiger partial charge in [-0.05, 0) is 57.4 Å². The Labute approximate surface area is 149 Å². The molecule has 1 saturated heterocycles. The van der Waals surface area contributed by atoms with Gasteiger partial charge in [0.1, 0.15) is 6.29 Å². The second kappa shape index (κ2) is 6.52. The summed E-state index contributed by atoms with van der Waals surface area (Å²) >= 11 is 0. The summed E-state index contributed by atoms with van der Waals surface area (Å²) in [5, 5.41) is 0. The Hall–Kier alpha value is -2.35. The van der Waals surface area contributed by atoms with Crippen LogP contribution < -0.4 is 5.46 Å².